The van der Waals surface area contributed by atoms with Gasteiger partial charge >= 0.3 is 27.7 Å². The van der Waals surface area contributed by atoms with Gasteiger partial charge in [0, 0.05) is 26.7 Å². The molecule has 4 aromatic rings. The van der Waals surface area contributed by atoms with Crippen molar-refractivity contribution in [3.05, 3.63) is 139 Å². The molecule has 8 heteroatoms. The third-order valence-electron chi connectivity index (χ3n) is 7.88. The van der Waals surface area contributed by atoms with Crippen molar-refractivity contribution in [2.75, 3.05) is 13.7 Å². The molecule has 0 aliphatic rings. The molecule has 0 N–H and O–H groups in total. The molecular weight excluding hydrogens is 799 g/mol. The number of hydrogen-bond donors (Lipinski definition) is 0. The molecular formula is C38H46ClHgNO4Si. The molecule has 0 aliphatic heterocycles. The van der Waals surface area contributed by atoms with Gasteiger partial charge in [0.2, 0.25) is 0 Å². The van der Waals surface area contributed by atoms with Crippen LogP contribution in [0.4, 0.5) is 0 Å². The van der Waals surface area contributed by atoms with E-state index in [4.69, 9.17) is 13.9 Å². The topological polar surface area (TPSA) is 63.1 Å². The number of rotatable bonds is 15. The number of benzene rings is 4. The summed E-state index contributed by atoms with van der Waals surface area (Å²) in [5.41, 5.74) is 2.04. The second kappa shape index (κ2) is 20.0. The molecule has 2 radical (unpaired) electrons. The number of ether oxygens (including phenoxy) is 2. The molecule has 0 aromatic heterocycles. The van der Waals surface area contributed by atoms with Crippen molar-refractivity contribution < 1.29 is 46.7 Å². The van der Waals surface area contributed by atoms with Gasteiger partial charge in [0.05, 0.1) is 12.2 Å². The van der Waals surface area contributed by atoms with Crippen LogP contribution in [0.5, 0.6) is 0 Å². The predicted octanol–water partition coefficient (Wildman–Crippen LogP) is 7.05. The molecule has 240 valence electrons. The summed E-state index contributed by atoms with van der Waals surface area (Å²) in [6.45, 7) is 7.54. The monoisotopic (exact) mass is 845 g/mol. The van der Waals surface area contributed by atoms with Crippen molar-refractivity contribution in [3.63, 3.8) is 0 Å². The van der Waals surface area contributed by atoms with Crippen LogP contribution in [0.1, 0.15) is 57.3 Å². The van der Waals surface area contributed by atoms with Crippen LogP contribution in [-0.2, 0) is 48.2 Å². The van der Waals surface area contributed by atoms with E-state index in [9.17, 15) is 5.11 Å². The molecule has 0 spiro atoms. The summed E-state index contributed by atoms with van der Waals surface area (Å²) in [5, 5.41) is 14.4. The first-order chi connectivity index (χ1) is 21.3. The van der Waals surface area contributed by atoms with Crippen LogP contribution in [0.25, 0.3) is 0 Å². The van der Waals surface area contributed by atoms with Crippen LogP contribution in [-0.4, -0.2) is 34.2 Å². The van der Waals surface area contributed by atoms with Gasteiger partial charge in [-0.15, -0.1) is 12.4 Å². The summed E-state index contributed by atoms with van der Waals surface area (Å²) in [4.78, 5) is 4.08. The maximum absolute atomic E-state index is 12.1. The summed E-state index contributed by atoms with van der Waals surface area (Å²) in [6, 6.07) is 41.5. The third-order valence-corrected chi connectivity index (χ3v) is 12.9. The van der Waals surface area contributed by atoms with E-state index in [0.29, 0.717) is 6.54 Å². The SMILES string of the molecule is CO[C@@H]([CH][C@@H](O[Si](c1ccccc1)(c1ccccc1)C(C)(C)C)c1ccccc1)CCCCN=C([O-])OCc1ccccc1.Cl.[Hg+]. The van der Waals surface area contributed by atoms with E-state index < -0.39 is 14.4 Å². The number of halogens is 1. The quantitative estimate of drug-likeness (QED) is 0.0558. The van der Waals surface area contributed by atoms with Crippen LogP contribution in [0, 0.1) is 6.42 Å². The molecule has 0 saturated heterocycles. The second-order valence-electron chi connectivity index (χ2n) is 12.0. The fraction of sp³-hybridized carbons (Fsp3) is 0.316. The Morgan fingerprint density at radius 1 is 0.783 bits per heavy atom. The summed E-state index contributed by atoms with van der Waals surface area (Å²) in [6.07, 6.45) is 3.67. The number of unbranched alkanes of at least 4 members (excludes halogenated alkanes) is 1. The number of nitrogens with zero attached hydrogens (tertiary/aromatic N) is 1. The first kappa shape index (κ1) is 39.7. The standard InChI is InChI=1S/C38H46NO4Si.ClH.Hg/c1-38(2,3)44(34-24-13-7-14-25-34,35-26-15-8-16-27-35)43-36(32-21-11-6-12-22-32)29-33(41-4)23-17-18-28-39-37(40)42-30-31-19-9-5-10-20-31;;/h5-16,19-22,24-27,29,33,36H,17-18,23,28,30H2,1-4H3,(H,39,40);1H;/q;;+1/p-1/t33-,36-;;/m1../s1. The van der Waals surface area contributed by atoms with Crippen molar-refractivity contribution in [3.8, 4) is 0 Å². The third kappa shape index (κ3) is 11.1. The number of aliphatic imine (C=N–C) groups is 1. The molecule has 5 nitrogen and oxygen atoms in total. The average Bonchev–Trinajstić information content (AvgIpc) is 3.05. The first-order valence-corrected chi connectivity index (χ1v) is 17.3. The van der Waals surface area contributed by atoms with E-state index in [0.717, 1.165) is 30.4 Å². The molecule has 0 aliphatic carbocycles. The van der Waals surface area contributed by atoms with Crippen LogP contribution in [0.15, 0.2) is 126 Å². The van der Waals surface area contributed by atoms with Crippen molar-refractivity contribution in [1.29, 1.82) is 0 Å². The molecule has 4 aromatic carbocycles. The molecule has 0 fully saturated rings. The van der Waals surface area contributed by atoms with Crippen molar-refractivity contribution >= 4 is 37.2 Å². The minimum Gasteiger partial charge on any atom is -0.596 e. The summed E-state index contributed by atoms with van der Waals surface area (Å²) in [7, 11) is -1.07. The van der Waals surface area contributed by atoms with E-state index >= 15 is 0 Å². The maximum atomic E-state index is 12.1. The molecule has 0 heterocycles. The van der Waals surface area contributed by atoms with E-state index in [2.05, 4.69) is 117 Å². The van der Waals surface area contributed by atoms with Crippen molar-refractivity contribution in [2.24, 2.45) is 4.99 Å². The van der Waals surface area contributed by atoms with E-state index in [1.807, 2.05) is 36.4 Å². The maximum Gasteiger partial charge on any atom is 1.00 e. The Hall–Kier alpha value is -2.49. The molecule has 0 saturated carbocycles. The molecule has 0 unspecified atom stereocenters. The Bertz CT molecular complexity index is 1370. The zero-order chi connectivity index (χ0) is 31.3. The minimum absolute atomic E-state index is 0. The first-order valence-electron chi connectivity index (χ1n) is 15.4. The zero-order valence-corrected chi connectivity index (χ0v) is 34.8. The van der Waals surface area contributed by atoms with E-state index in [1.54, 1.807) is 7.11 Å². The average molecular weight is 845 g/mol. The number of hydrogen-bond acceptors (Lipinski definition) is 5. The van der Waals surface area contributed by atoms with Gasteiger partial charge in [-0.3, -0.25) is 4.99 Å². The Morgan fingerprint density at radius 2 is 1.28 bits per heavy atom. The molecule has 0 amide bonds. The molecule has 2 atom stereocenters. The Balaban J connectivity index is 0.00000368. The fourth-order valence-corrected chi connectivity index (χ4v) is 10.2. The van der Waals surface area contributed by atoms with Gasteiger partial charge < -0.3 is 19.0 Å². The zero-order valence-electron chi connectivity index (χ0n) is 27.5. The van der Waals surface area contributed by atoms with Crippen LogP contribution in [0.3, 0.4) is 0 Å². The largest absolute Gasteiger partial charge is 1.00 e. The van der Waals surface area contributed by atoms with Gasteiger partial charge in [0.25, 0.3) is 8.32 Å². The van der Waals surface area contributed by atoms with E-state index in [-0.39, 0.29) is 63.9 Å². The van der Waals surface area contributed by atoms with Gasteiger partial charge in [-0.2, -0.15) is 0 Å². The van der Waals surface area contributed by atoms with Gasteiger partial charge in [-0.25, -0.2) is 0 Å². The van der Waals surface area contributed by atoms with Gasteiger partial charge in [0.1, 0.15) is 6.08 Å². The van der Waals surface area contributed by atoms with Gasteiger partial charge in [-0.05, 0) is 45.8 Å². The fourth-order valence-electron chi connectivity index (χ4n) is 5.62. The summed E-state index contributed by atoms with van der Waals surface area (Å²) in [5.74, 6) is 0. The second-order valence-corrected chi connectivity index (χ2v) is 16.2. The van der Waals surface area contributed by atoms with Crippen LogP contribution < -0.4 is 15.5 Å². The van der Waals surface area contributed by atoms with Crippen LogP contribution in [0.2, 0.25) is 5.04 Å². The Kier molecular flexibility index (Phi) is 17.3. The summed E-state index contributed by atoms with van der Waals surface area (Å²) >= 11 is 0. The van der Waals surface area contributed by atoms with Crippen molar-refractivity contribution in [1.82, 2.24) is 0 Å². The Morgan fingerprint density at radius 3 is 1.78 bits per heavy atom. The van der Waals surface area contributed by atoms with Crippen molar-refractivity contribution in [2.45, 2.75) is 63.9 Å². The molecule has 4 rings (SSSR count). The minimum atomic E-state index is -2.82. The van der Waals surface area contributed by atoms with Gasteiger partial charge in [0.15, 0.2) is 0 Å². The normalized spacial score (nSPS) is 13.2. The molecule has 0 bridgehead atoms. The smallest absolute Gasteiger partial charge is 0.596 e. The summed E-state index contributed by atoms with van der Waals surface area (Å²) < 4.78 is 18.8. The Labute approximate surface area is 303 Å². The number of methoxy groups -OCH3 is 1. The molecule has 46 heavy (non-hydrogen) atoms. The predicted molar refractivity (Wildman–Crippen MR) is 188 cm³/mol. The van der Waals surface area contributed by atoms with Gasteiger partial charge in [-0.1, -0.05) is 142 Å². The van der Waals surface area contributed by atoms with Crippen LogP contribution >= 0.6 is 12.4 Å². The van der Waals surface area contributed by atoms with E-state index in [1.165, 1.54) is 10.4 Å².